The van der Waals surface area contributed by atoms with Crippen LogP contribution >= 0.6 is 11.3 Å². The third kappa shape index (κ3) is 8.36. The first-order valence-corrected chi connectivity index (χ1v) is 12.3. The van der Waals surface area contributed by atoms with Crippen molar-refractivity contribution in [2.75, 3.05) is 6.61 Å². The van der Waals surface area contributed by atoms with Crippen LogP contribution in [-0.4, -0.2) is 17.4 Å². The Kier molecular flexibility index (Phi) is 8.83. The highest BCUT2D eigenvalue weighted by atomic mass is 32.1. The fourth-order valence-electron chi connectivity index (χ4n) is 3.63. The zero-order chi connectivity index (χ0) is 23.0. The van der Waals surface area contributed by atoms with Crippen LogP contribution in [0.25, 0.3) is 0 Å². The molecule has 2 aromatic heterocycles. The van der Waals surface area contributed by atoms with Gasteiger partial charge in [0.1, 0.15) is 12.4 Å². The number of hydrogen-bond acceptors (Lipinski definition) is 5. The van der Waals surface area contributed by atoms with Crippen molar-refractivity contribution in [3.63, 3.8) is 0 Å². The smallest absolute Gasteiger partial charge is 0.194 e. The summed E-state index contributed by atoms with van der Waals surface area (Å²) < 4.78 is 11.5. The van der Waals surface area contributed by atoms with E-state index in [0.29, 0.717) is 13.0 Å². The second-order valence-electron chi connectivity index (χ2n) is 9.65. The Balaban J connectivity index is 1.37. The van der Waals surface area contributed by atoms with Gasteiger partial charge in [-0.25, -0.2) is 4.98 Å². The molecule has 172 valence electrons. The van der Waals surface area contributed by atoms with Gasteiger partial charge in [0.15, 0.2) is 11.7 Å². The van der Waals surface area contributed by atoms with Gasteiger partial charge in [0.05, 0.1) is 12.8 Å². The lowest BCUT2D eigenvalue weighted by Gasteiger charge is -2.15. The molecule has 0 aliphatic heterocycles. The summed E-state index contributed by atoms with van der Waals surface area (Å²) in [6.07, 6.45) is 6.90. The van der Waals surface area contributed by atoms with Gasteiger partial charge in [0, 0.05) is 29.0 Å². The standard InChI is InChI=1S/C27H35NO3S/c1-20-15-24(13-14-26-28-17-23(31-26)16-27(2,3)4)32-25(20)12-8-11-22(29)19-30-18-21-9-6-5-7-10-21/h5-7,9-10,15,17H,8,11-14,16,18-19H2,1-4H3. The number of aryl methyl sites for hydroxylation is 4. The molecule has 2 heterocycles. The molecule has 4 nitrogen and oxygen atoms in total. The summed E-state index contributed by atoms with van der Waals surface area (Å²) >= 11 is 1.85. The Morgan fingerprint density at radius 1 is 1.12 bits per heavy atom. The topological polar surface area (TPSA) is 52.3 Å². The molecule has 0 saturated heterocycles. The Morgan fingerprint density at radius 2 is 1.91 bits per heavy atom. The number of carbonyl (C=O) groups excluding carboxylic acids is 1. The van der Waals surface area contributed by atoms with Crippen LogP contribution < -0.4 is 0 Å². The van der Waals surface area contributed by atoms with Crippen molar-refractivity contribution in [3.8, 4) is 0 Å². The van der Waals surface area contributed by atoms with Gasteiger partial charge >= 0.3 is 0 Å². The Morgan fingerprint density at radius 3 is 2.66 bits per heavy atom. The maximum atomic E-state index is 12.1. The molecule has 0 atom stereocenters. The summed E-state index contributed by atoms with van der Waals surface area (Å²) in [5, 5.41) is 0. The van der Waals surface area contributed by atoms with Gasteiger partial charge in [-0.15, -0.1) is 11.3 Å². The van der Waals surface area contributed by atoms with E-state index in [9.17, 15) is 4.79 Å². The van der Waals surface area contributed by atoms with E-state index in [1.165, 1.54) is 15.3 Å². The van der Waals surface area contributed by atoms with Crippen LogP contribution in [-0.2, 0) is 41.8 Å². The number of oxazole rings is 1. The summed E-state index contributed by atoms with van der Waals surface area (Å²) in [7, 11) is 0. The monoisotopic (exact) mass is 453 g/mol. The molecule has 0 bridgehead atoms. The van der Waals surface area contributed by atoms with E-state index in [0.717, 1.165) is 49.3 Å². The summed E-state index contributed by atoms with van der Waals surface area (Å²) in [4.78, 5) is 19.3. The molecule has 0 unspecified atom stereocenters. The van der Waals surface area contributed by atoms with E-state index in [1.807, 2.05) is 47.9 Å². The van der Waals surface area contributed by atoms with Gasteiger partial charge in [-0.05, 0) is 48.8 Å². The first-order chi connectivity index (χ1) is 15.3. The number of benzene rings is 1. The Labute approximate surface area is 196 Å². The summed E-state index contributed by atoms with van der Waals surface area (Å²) in [6, 6.07) is 12.2. The number of aromatic nitrogens is 1. The maximum absolute atomic E-state index is 12.1. The van der Waals surface area contributed by atoms with E-state index in [4.69, 9.17) is 9.15 Å². The van der Waals surface area contributed by atoms with Crippen molar-refractivity contribution < 1.29 is 13.9 Å². The van der Waals surface area contributed by atoms with Crippen molar-refractivity contribution in [1.29, 1.82) is 0 Å². The van der Waals surface area contributed by atoms with Crippen molar-refractivity contribution in [2.45, 2.75) is 72.8 Å². The molecule has 0 aliphatic carbocycles. The number of nitrogens with zero attached hydrogens (tertiary/aromatic N) is 1. The third-order valence-electron chi connectivity index (χ3n) is 5.20. The zero-order valence-corrected chi connectivity index (χ0v) is 20.6. The highest BCUT2D eigenvalue weighted by Gasteiger charge is 2.15. The summed E-state index contributed by atoms with van der Waals surface area (Å²) in [5.74, 6) is 1.95. The van der Waals surface area contributed by atoms with E-state index in [1.54, 1.807) is 0 Å². The maximum Gasteiger partial charge on any atom is 0.194 e. The molecular formula is C27H35NO3S. The molecule has 0 fully saturated rings. The van der Waals surface area contributed by atoms with Crippen LogP contribution in [0.2, 0.25) is 0 Å². The van der Waals surface area contributed by atoms with Gasteiger partial charge in [-0.2, -0.15) is 0 Å². The first kappa shape index (κ1) is 24.4. The molecule has 0 spiro atoms. The average molecular weight is 454 g/mol. The van der Waals surface area contributed by atoms with Gasteiger partial charge in [-0.1, -0.05) is 51.1 Å². The van der Waals surface area contributed by atoms with Gasteiger partial charge < -0.3 is 9.15 Å². The second-order valence-corrected chi connectivity index (χ2v) is 10.9. The molecule has 0 N–H and O–H groups in total. The largest absolute Gasteiger partial charge is 0.446 e. The van der Waals surface area contributed by atoms with Gasteiger partial charge in [0.25, 0.3) is 0 Å². The highest BCUT2D eigenvalue weighted by Crippen LogP contribution is 2.26. The number of rotatable bonds is 12. The van der Waals surface area contributed by atoms with E-state index in [-0.39, 0.29) is 17.8 Å². The normalized spacial score (nSPS) is 11.8. The fraction of sp³-hybridized carbons (Fsp3) is 0.481. The number of ketones is 1. The van der Waals surface area contributed by atoms with E-state index in [2.05, 4.69) is 38.7 Å². The molecular weight excluding hydrogens is 418 g/mol. The quantitative estimate of drug-likeness (QED) is 0.313. The first-order valence-electron chi connectivity index (χ1n) is 11.4. The van der Waals surface area contributed by atoms with Crippen LogP contribution in [0.3, 0.4) is 0 Å². The fourth-order valence-corrected chi connectivity index (χ4v) is 4.86. The lowest BCUT2D eigenvalue weighted by Crippen LogP contribution is -2.08. The number of carbonyl (C=O) groups is 1. The molecule has 1 aromatic carbocycles. The lowest BCUT2D eigenvalue weighted by atomic mass is 9.91. The van der Waals surface area contributed by atoms with Crippen molar-refractivity contribution in [1.82, 2.24) is 4.98 Å². The third-order valence-corrected chi connectivity index (χ3v) is 6.55. The van der Waals surface area contributed by atoms with Crippen LogP contribution in [0.5, 0.6) is 0 Å². The minimum Gasteiger partial charge on any atom is -0.446 e. The molecule has 0 amide bonds. The average Bonchev–Trinajstić information content (AvgIpc) is 3.32. The SMILES string of the molecule is Cc1cc(CCc2ncc(CC(C)(C)C)o2)sc1CCCC(=O)COCc1ccccc1. The van der Waals surface area contributed by atoms with Gasteiger partial charge in [-0.3, -0.25) is 4.79 Å². The van der Waals surface area contributed by atoms with Crippen LogP contribution in [0.1, 0.15) is 66.1 Å². The Hall–Kier alpha value is -2.24. The number of ether oxygens (including phenoxy) is 1. The zero-order valence-electron chi connectivity index (χ0n) is 19.8. The number of Topliss-reactive ketones (excluding diaryl/α,β-unsaturated/α-hetero) is 1. The van der Waals surface area contributed by atoms with Crippen molar-refractivity contribution in [2.24, 2.45) is 5.41 Å². The Bertz CT molecular complexity index is 982. The lowest BCUT2D eigenvalue weighted by molar-refractivity contribution is -0.124. The minimum absolute atomic E-state index is 0.172. The van der Waals surface area contributed by atoms with Crippen LogP contribution in [0.4, 0.5) is 0 Å². The summed E-state index contributed by atoms with van der Waals surface area (Å²) in [6.45, 7) is 9.45. The van der Waals surface area contributed by atoms with Crippen molar-refractivity contribution in [3.05, 3.63) is 75.1 Å². The van der Waals surface area contributed by atoms with Crippen LogP contribution in [0, 0.1) is 12.3 Å². The molecule has 0 aliphatic rings. The highest BCUT2D eigenvalue weighted by molar-refractivity contribution is 7.12. The molecule has 3 rings (SSSR count). The van der Waals surface area contributed by atoms with E-state index < -0.39 is 0 Å². The predicted octanol–water partition coefficient (Wildman–Crippen LogP) is 6.53. The molecule has 32 heavy (non-hydrogen) atoms. The molecule has 3 aromatic rings. The molecule has 5 heteroatoms. The molecule has 0 radical (unpaired) electrons. The minimum atomic E-state index is 0.172. The van der Waals surface area contributed by atoms with Crippen molar-refractivity contribution >= 4 is 17.1 Å². The number of thiophene rings is 1. The molecule has 0 saturated carbocycles. The second kappa shape index (κ2) is 11.6. The number of hydrogen-bond donors (Lipinski definition) is 0. The summed E-state index contributed by atoms with van der Waals surface area (Å²) in [5.41, 5.74) is 2.61. The predicted molar refractivity (Wildman–Crippen MR) is 130 cm³/mol. The van der Waals surface area contributed by atoms with Gasteiger partial charge in [0.2, 0.25) is 0 Å². The van der Waals surface area contributed by atoms with E-state index >= 15 is 0 Å². The van der Waals surface area contributed by atoms with Crippen LogP contribution in [0.15, 0.2) is 47.0 Å².